The molecule has 1 fully saturated rings. The van der Waals surface area contributed by atoms with Crippen LogP contribution in [0.1, 0.15) is 28.8 Å². The standard InChI is InChI=1S/C18H16N2O2/c1-10-6-8-14-16-12(10)4-3-5-13(16)18(22)20(14)15-9-7-11(2)19-17(15)21/h3-6,8,15H,2,7,9H2,1H3,(H,19,21). The molecule has 22 heavy (non-hydrogen) atoms. The highest BCUT2D eigenvalue weighted by Gasteiger charge is 2.39. The molecule has 2 aliphatic rings. The molecule has 0 radical (unpaired) electrons. The molecule has 1 saturated heterocycles. The van der Waals surface area contributed by atoms with Crippen LogP contribution < -0.4 is 10.2 Å². The monoisotopic (exact) mass is 292 g/mol. The number of rotatable bonds is 1. The molecule has 1 unspecified atom stereocenters. The Labute approximate surface area is 128 Å². The van der Waals surface area contributed by atoms with Gasteiger partial charge < -0.3 is 5.32 Å². The van der Waals surface area contributed by atoms with Crippen LogP contribution in [0, 0.1) is 6.92 Å². The lowest BCUT2D eigenvalue weighted by Crippen LogP contribution is -2.51. The Morgan fingerprint density at radius 2 is 2.05 bits per heavy atom. The largest absolute Gasteiger partial charge is 0.329 e. The van der Waals surface area contributed by atoms with Crippen LogP contribution in [0.25, 0.3) is 10.8 Å². The highest BCUT2D eigenvalue weighted by molar-refractivity contribution is 6.27. The summed E-state index contributed by atoms with van der Waals surface area (Å²) in [7, 11) is 0. The van der Waals surface area contributed by atoms with Crippen molar-refractivity contribution in [1.82, 2.24) is 5.32 Å². The fourth-order valence-corrected chi connectivity index (χ4v) is 3.47. The highest BCUT2D eigenvalue weighted by Crippen LogP contribution is 2.40. The predicted molar refractivity (Wildman–Crippen MR) is 85.8 cm³/mol. The van der Waals surface area contributed by atoms with E-state index >= 15 is 0 Å². The zero-order valence-corrected chi connectivity index (χ0v) is 12.3. The molecular formula is C18H16N2O2. The van der Waals surface area contributed by atoms with E-state index in [4.69, 9.17) is 0 Å². The predicted octanol–water partition coefficient (Wildman–Crippen LogP) is 2.90. The molecule has 2 aromatic rings. The van der Waals surface area contributed by atoms with E-state index < -0.39 is 6.04 Å². The van der Waals surface area contributed by atoms with Crippen molar-refractivity contribution in [2.24, 2.45) is 0 Å². The highest BCUT2D eigenvalue weighted by atomic mass is 16.2. The van der Waals surface area contributed by atoms with Gasteiger partial charge in [-0.25, -0.2) is 0 Å². The van der Waals surface area contributed by atoms with Gasteiger partial charge in [-0.3, -0.25) is 14.5 Å². The lowest BCUT2D eigenvalue weighted by Gasteiger charge is -2.31. The van der Waals surface area contributed by atoms with Gasteiger partial charge in [-0.05, 0) is 42.8 Å². The zero-order chi connectivity index (χ0) is 15.4. The van der Waals surface area contributed by atoms with Crippen molar-refractivity contribution < 1.29 is 9.59 Å². The minimum Gasteiger partial charge on any atom is -0.329 e. The second kappa shape index (κ2) is 4.44. The maximum absolute atomic E-state index is 12.8. The van der Waals surface area contributed by atoms with Crippen molar-refractivity contribution in [1.29, 1.82) is 0 Å². The van der Waals surface area contributed by atoms with Gasteiger partial charge in [-0.15, -0.1) is 0 Å². The van der Waals surface area contributed by atoms with E-state index in [0.717, 1.165) is 27.7 Å². The summed E-state index contributed by atoms with van der Waals surface area (Å²) in [4.78, 5) is 26.8. The number of benzene rings is 2. The zero-order valence-electron chi connectivity index (χ0n) is 12.3. The van der Waals surface area contributed by atoms with Crippen LogP contribution >= 0.6 is 0 Å². The lowest BCUT2D eigenvalue weighted by molar-refractivity contribution is -0.122. The third-order valence-electron chi connectivity index (χ3n) is 4.58. The van der Waals surface area contributed by atoms with Crippen LogP contribution in [0.3, 0.4) is 0 Å². The maximum atomic E-state index is 12.8. The molecular weight excluding hydrogens is 276 g/mol. The topological polar surface area (TPSA) is 49.4 Å². The summed E-state index contributed by atoms with van der Waals surface area (Å²) in [5, 5.41) is 4.81. The van der Waals surface area contributed by atoms with Crippen molar-refractivity contribution in [3.05, 3.63) is 53.7 Å². The summed E-state index contributed by atoms with van der Waals surface area (Å²) in [6.07, 6.45) is 1.31. The van der Waals surface area contributed by atoms with Crippen molar-refractivity contribution >= 4 is 28.3 Å². The number of amides is 2. The summed E-state index contributed by atoms with van der Waals surface area (Å²) in [6, 6.07) is 9.26. The molecule has 0 bridgehead atoms. The van der Waals surface area contributed by atoms with E-state index in [2.05, 4.69) is 11.9 Å². The smallest absolute Gasteiger partial charge is 0.259 e. The fraction of sp³-hybridized carbons (Fsp3) is 0.222. The Bertz CT molecular complexity index is 854. The molecule has 2 amide bonds. The summed E-state index contributed by atoms with van der Waals surface area (Å²) in [5.74, 6) is -0.231. The molecule has 1 N–H and O–H groups in total. The molecule has 0 saturated carbocycles. The number of allylic oxidation sites excluding steroid dienone is 1. The number of anilines is 1. The number of nitrogens with one attached hydrogen (secondary N) is 1. The van der Waals surface area contributed by atoms with Gasteiger partial charge in [0.25, 0.3) is 5.91 Å². The molecule has 0 aliphatic carbocycles. The minimum atomic E-state index is -0.462. The first kappa shape index (κ1) is 13.1. The Morgan fingerprint density at radius 1 is 1.23 bits per heavy atom. The first-order valence-corrected chi connectivity index (χ1v) is 7.42. The normalized spacial score (nSPS) is 20.7. The molecule has 2 aromatic carbocycles. The van der Waals surface area contributed by atoms with Crippen molar-refractivity contribution in [3.8, 4) is 0 Å². The van der Waals surface area contributed by atoms with Gasteiger partial charge in [0.1, 0.15) is 6.04 Å². The SMILES string of the molecule is C=C1CCC(N2C(=O)c3cccc4c(C)ccc2c34)C(=O)N1. The van der Waals surface area contributed by atoms with Gasteiger partial charge in [0.2, 0.25) is 5.91 Å². The van der Waals surface area contributed by atoms with Gasteiger partial charge in [-0.2, -0.15) is 0 Å². The molecule has 110 valence electrons. The molecule has 4 nitrogen and oxygen atoms in total. The average molecular weight is 292 g/mol. The summed E-state index contributed by atoms with van der Waals surface area (Å²) >= 11 is 0. The first-order chi connectivity index (χ1) is 10.6. The van der Waals surface area contributed by atoms with Crippen LogP contribution in [0.15, 0.2) is 42.6 Å². The lowest BCUT2D eigenvalue weighted by atomic mass is 10.0. The first-order valence-electron chi connectivity index (χ1n) is 7.42. The van der Waals surface area contributed by atoms with E-state index in [1.165, 1.54) is 0 Å². The van der Waals surface area contributed by atoms with Gasteiger partial charge in [0, 0.05) is 16.6 Å². The van der Waals surface area contributed by atoms with E-state index in [1.54, 1.807) is 4.90 Å². The maximum Gasteiger partial charge on any atom is 0.259 e. The average Bonchev–Trinajstić information content (AvgIpc) is 2.78. The molecule has 2 aliphatic heterocycles. The second-order valence-electron chi connectivity index (χ2n) is 5.95. The number of hydrogen-bond donors (Lipinski definition) is 1. The molecule has 2 heterocycles. The summed E-state index contributed by atoms with van der Waals surface area (Å²) in [5.41, 5.74) is 3.39. The molecule has 0 aromatic heterocycles. The van der Waals surface area contributed by atoms with Gasteiger partial charge in [0.05, 0.1) is 5.69 Å². The van der Waals surface area contributed by atoms with Gasteiger partial charge in [0.15, 0.2) is 0 Å². The Morgan fingerprint density at radius 3 is 2.82 bits per heavy atom. The van der Waals surface area contributed by atoms with E-state index in [1.807, 2.05) is 37.3 Å². The van der Waals surface area contributed by atoms with E-state index in [-0.39, 0.29) is 11.8 Å². The third kappa shape index (κ3) is 1.64. The van der Waals surface area contributed by atoms with E-state index in [0.29, 0.717) is 18.4 Å². The Kier molecular flexibility index (Phi) is 2.64. The van der Waals surface area contributed by atoms with Crippen LogP contribution in [-0.4, -0.2) is 17.9 Å². The molecule has 4 heteroatoms. The number of piperidine rings is 1. The number of carbonyl (C=O) groups excluding carboxylic acids is 2. The Balaban J connectivity index is 1.89. The van der Waals surface area contributed by atoms with Crippen LogP contribution in [0.5, 0.6) is 0 Å². The van der Waals surface area contributed by atoms with Crippen LogP contribution in [0.2, 0.25) is 0 Å². The van der Waals surface area contributed by atoms with Crippen molar-refractivity contribution in [3.63, 3.8) is 0 Å². The van der Waals surface area contributed by atoms with Crippen LogP contribution in [0.4, 0.5) is 5.69 Å². The van der Waals surface area contributed by atoms with E-state index in [9.17, 15) is 9.59 Å². The van der Waals surface area contributed by atoms with Crippen molar-refractivity contribution in [2.45, 2.75) is 25.8 Å². The number of nitrogens with zero attached hydrogens (tertiary/aromatic N) is 1. The summed E-state index contributed by atoms with van der Waals surface area (Å²) < 4.78 is 0. The van der Waals surface area contributed by atoms with Gasteiger partial charge in [-0.1, -0.05) is 24.8 Å². The quantitative estimate of drug-likeness (QED) is 0.878. The summed E-state index contributed by atoms with van der Waals surface area (Å²) in [6.45, 7) is 5.83. The van der Waals surface area contributed by atoms with Crippen LogP contribution in [-0.2, 0) is 4.79 Å². The molecule has 4 rings (SSSR count). The third-order valence-corrected chi connectivity index (χ3v) is 4.58. The number of aryl methyl sites for hydroxylation is 1. The minimum absolute atomic E-state index is 0.0844. The number of hydrogen-bond acceptors (Lipinski definition) is 2. The van der Waals surface area contributed by atoms with Gasteiger partial charge >= 0.3 is 0 Å². The van der Waals surface area contributed by atoms with Crippen molar-refractivity contribution in [2.75, 3.05) is 4.90 Å². The second-order valence-corrected chi connectivity index (χ2v) is 5.95. The fourth-order valence-electron chi connectivity index (χ4n) is 3.47. The molecule has 0 spiro atoms. The Hall–Kier alpha value is -2.62. The molecule has 1 atom stereocenters. The number of carbonyl (C=O) groups is 2.